The molecule has 2 aromatic rings. The van der Waals surface area contributed by atoms with Gasteiger partial charge in [0.15, 0.2) is 0 Å². The van der Waals surface area contributed by atoms with Crippen molar-refractivity contribution in [3.05, 3.63) is 35.5 Å². The standard InChI is InChI=1S/C10H11N.C3H8.H2/c1-7-4-3-5-9-10(7)8(2)6-11-9;1-3-2;/h3-6,11H,1-2H3;3H2,1-2H3;1H. The van der Waals surface area contributed by atoms with Crippen molar-refractivity contribution in [3.8, 4) is 0 Å². The van der Waals surface area contributed by atoms with Gasteiger partial charge >= 0.3 is 0 Å². The van der Waals surface area contributed by atoms with E-state index in [2.05, 4.69) is 57.1 Å². The zero-order valence-electron chi connectivity index (χ0n) is 9.52. The molecule has 2 rings (SSSR count). The van der Waals surface area contributed by atoms with Crippen LogP contribution >= 0.6 is 0 Å². The smallest absolute Gasteiger partial charge is 0.0459 e. The molecule has 1 aromatic heterocycles. The molecule has 1 aromatic carbocycles. The van der Waals surface area contributed by atoms with Crippen LogP contribution in [0.25, 0.3) is 10.9 Å². The molecule has 0 saturated carbocycles. The van der Waals surface area contributed by atoms with Gasteiger partial charge in [0.05, 0.1) is 0 Å². The molecule has 0 amide bonds. The number of hydrogen-bond acceptors (Lipinski definition) is 0. The first-order valence-electron chi connectivity index (χ1n) is 5.24. The van der Waals surface area contributed by atoms with Crippen molar-refractivity contribution in [1.29, 1.82) is 0 Å². The molecule has 1 N–H and O–H groups in total. The van der Waals surface area contributed by atoms with Crippen LogP contribution in [0.4, 0.5) is 0 Å². The molecule has 78 valence electrons. The molecule has 0 unspecified atom stereocenters. The quantitative estimate of drug-likeness (QED) is 0.633. The second-order valence-electron chi connectivity index (χ2n) is 3.68. The second-order valence-corrected chi connectivity index (χ2v) is 3.68. The fourth-order valence-corrected chi connectivity index (χ4v) is 1.57. The number of aromatic amines is 1. The molecule has 1 heterocycles. The minimum Gasteiger partial charge on any atom is -0.361 e. The van der Waals surface area contributed by atoms with E-state index >= 15 is 0 Å². The summed E-state index contributed by atoms with van der Waals surface area (Å²) in [6.45, 7) is 8.52. The van der Waals surface area contributed by atoms with Crippen LogP contribution in [0.2, 0.25) is 0 Å². The average molecular weight is 191 g/mol. The van der Waals surface area contributed by atoms with Crippen molar-refractivity contribution in [2.45, 2.75) is 34.1 Å². The van der Waals surface area contributed by atoms with Crippen LogP contribution in [0.5, 0.6) is 0 Å². The van der Waals surface area contributed by atoms with E-state index in [4.69, 9.17) is 0 Å². The molecular formula is C13H21N. The fourth-order valence-electron chi connectivity index (χ4n) is 1.57. The van der Waals surface area contributed by atoms with Gasteiger partial charge in [0.1, 0.15) is 0 Å². The van der Waals surface area contributed by atoms with Crippen molar-refractivity contribution >= 4 is 10.9 Å². The van der Waals surface area contributed by atoms with Crippen LogP contribution < -0.4 is 0 Å². The van der Waals surface area contributed by atoms with Crippen molar-refractivity contribution in [2.24, 2.45) is 0 Å². The van der Waals surface area contributed by atoms with Crippen LogP contribution in [0.15, 0.2) is 24.4 Å². The summed E-state index contributed by atoms with van der Waals surface area (Å²) in [7, 11) is 0. The van der Waals surface area contributed by atoms with E-state index in [0.717, 1.165) is 0 Å². The van der Waals surface area contributed by atoms with Crippen molar-refractivity contribution in [2.75, 3.05) is 0 Å². The van der Waals surface area contributed by atoms with Gasteiger partial charge in [0.25, 0.3) is 0 Å². The average Bonchev–Trinajstić information content (AvgIpc) is 2.51. The lowest BCUT2D eigenvalue weighted by Gasteiger charge is -1.95. The summed E-state index contributed by atoms with van der Waals surface area (Å²) in [6, 6.07) is 6.33. The molecule has 0 aliphatic carbocycles. The SMILES string of the molecule is CCC.Cc1cccc2[nH]cc(C)c12.[HH]. The highest BCUT2D eigenvalue weighted by Crippen LogP contribution is 2.20. The first-order valence-corrected chi connectivity index (χ1v) is 5.24. The number of hydrogen-bond donors (Lipinski definition) is 1. The Hall–Kier alpha value is -1.24. The summed E-state index contributed by atoms with van der Waals surface area (Å²) >= 11 is 0. The van der Waals surface area contributed by atoms with Gasteiger partial charge < -0.3 is 4.98 Å². The van der Waals surface area contributed by atoms with E-state index in [0.29, 0.717) is 0 Å². The van der Waals surface area contributed by atoms with Crippen LogP contribution in [0, 0.1) is 13.8 Å². The largest absolute Gasteiger partial charge is 0.361 e. The molecular weight excluding hydrogens is 170 g/mol. The maximum atomic E-state index is 3.23. The summed E-state index contributed by atoms with van der Waals surface area (Å²) in [6.07, 6.45) is 3.30. The number of aryl methyl sites for hydroxylation is 2. The predicted molar refractivity (Wildman–Crippen MR) is 65.9 cm³/mol. The minimum atomic E-state index is 0. The van der Waals surface area contributed by atoms with Crippen LogP contribution in [0.3, 0.4) is 0 Å². The Labute approximate surface area is 87.6 Å². The Morgan fingerprint density at radius 1 is 1.14 bits per heavy atom. The van der Waals surface area contributed by atoms with Gasteiger partial charge in [-0.1, -0.05) is 32.4 Å². The lowest BCUT2D eigenvalue weighted by molar-refractivity contribution is 1.09. The predicted octanol–water partition coefficient (Wildman–Crippen LogP) is 4.45. The number of aromatic nitrogens is 1. The topological polar surface area (TPSA) is 15.8 Å². The number of fused-ring (bicyclic) bond motifs is 1. The Bertz CT molecular complexity index is 404. The lowest BCUT2D eigenvalue weighted by Crippen LogP contribution is -1.74. The summed E-state index contributed by atoms with van der Waals surface area (Å²) in [5.41, 5.74) is 3.92. The molecule has 1 heteroatoms. The summed E-state index contributed by atoms with van der Waals surface area (Å²) in [5.74, 6) is 0. The van der Waals surface area contributed by atoms with E-state index < -0.39 is 0 Å². The van der Waals surface area contributed by atoms with Gasteiger partial charge in [-0.25, -0.2) is 0 Å². The van der Waals surface area contributed by atoms with Gasteiger partial charge in [-0.2, -0.15) is 0 Å². The maximum absolute atomic E-state index is 3.23. The number of rotatable bonds is 0. The molecule has 0 spiro atoms. The minimum absolute atomic E-state index is 0. The molecule has 0 aliphatic heterocycles. The summed E-state index contributed by atoms with van der Waals surface area (Å²) in [5, 5.41) is 1.37. The fraction of sp³-hybridized carbons (Fsp3) is 0.385. The highest BCUT2D eigenvalue weighted by Gasteiger charge is 1.99. The third-order valence-electron chi connectivity index (χ3n) is 2.11. The van der Waals surface area contributed by atoms with E-state index in [1.165, 1.54) is 28.5 Å². The molecule has 0 saturated heterocycles. The van der Waals surface area contributed by atoms with Crippen LogP contribution in [0.1, 0.15) is 32.8 Å². The number of nitrogens with one attached hydrogen (secondary N) is 1. The Morgan fingerprint density at radius 3 is 2.36 bits per heavy atom. The number of H-pyrrole nitrogens is 1. The monoisotopic (exact) mass is 191 g/mol. The van der Waals surface area contributed by atoms with Gasteiger partial charge in [-0.15, -0.1) is 0 Å². The van der Waals surface area contributed by atoms with Crippen LogP contribution in [-0.4, -0.2) is 4.98 Å². The third kappa shape index (κ3) is 2.16. The Kier molecular flexibility index (Phi) is 3.75. The van der Waals surface area contributed by atoms with Gasteiger partial charge in [0, 0.05) is 18.5 Å². The summed E-state index contributed by atoms with van der Waals surface area (Å²) in [4.78, 5) is 3.23. The van der Waals surface area contributed by atoms with Crippen molar-refractivity contribution in [1.82, 2.24) is 4.98 Å². The van der Waals surface area contributed by atoms with E-state index in [-0.39, 0.29) is 1.43 Å². The summed E-state index contributed by atoms with van der Waals surface area (Å²) < 4.78 is 0. The highest BCUT2D eigenvalue weighted by atomic mass is 14.7. The van der Waals surface area contributed by atoms with Gasteiger partial charge in [0.2, 0.25) is 0 Å². The maximum Gasteiger partial charge on any atom is 0.0459 e. The zero-order chi connectivity index (χ0) is 10.6. The van der Waals surface area contributed by atoms with Gasteiger partial charge in [-0.05, 0) is 31.0 Å². The number of benzene rings is 1. The molecule has 0 atom stereocenters. The Morgan fingerprint density at radius 2 is 1.79 bits per heavy atom. The molecule has 0 fully saturated rings. The van der Waals surface area contributed by atoms with E-state index in [1.54, 1.807) is 0 Å². The van der Waals surface area contributed by atoms with E-state index in [9.17, 15) is 0 Å². The second kappa shape index (κ2) is 4.85. The molecule has 0 radical (unpaired) electrons. The molecule has 1 nitrogen and oxygen atoms in total. The molecule has 14 heavy (non-hydrogen) atoms. The molecule has 0 bridgehead atoms. The van der Waals surface area contributed by atoms with Crippen LogP contribution in [-0.2, 0) is 0 Å². The first kappa shape index (κ1) is 10.8. The lowest BCUT2D eigenvalue weighted by atomic mass is 10.1. The van der Waals surface area contributed by atoms with Gasteiger partial charge in [-0.3, -0.25) is 0 Å². The first-order chi connectivity index (χ1) is 6.70. The zero-order valence-corrected chi connectivity index (χ0v) is 9.52. The normalized spacial score (nSPS) is 9.71. The van der Waals surface area contributed by atoms with Crippen molar-refractivity contribution in [3.63, 3.8) is 0 Å². The third-order valence-corrected chi connectivity index (χ3v) is 2.11. The Balaban J connectivity index is 0.000000443. The van der Waals surface area contributed by atoms with Crippen molar-refractivity contribution < 1.29 is 1.43 Å². The molecule has 0 aliphatic rings. The highest BCUT2D eigenvalue weighted by molar-refractivity contribution is 5.86. The van der Waals surface area contributed by atoms with E-state index in [1.807, 2.05) is 0 Å².